The van der Waals surface area contributed by atoms with Crippen molar-refractivity contribution in [3.63, 3.8) is 0 Å². The molecule has 2 rings (SSSR count). The molecule has 1 amide bonds. The molecule has 1 aromatic carbocycles. The predicted octanol–water partition coefficient (Wildman–Crippen LogP) is 2.78. The van der Waals surface area contributed by atoms with E-state index in [1.54, 1.807) is 11.1 Å². The summed E-state index contributed by atoms with van der Waals surface area (Å²) < 4.78 is 0. The quantitative estimate of drug-likeness (QED) is 0.591. The molecule has 0 heterocycles. The molecule has 0 bridgehead atoms. The Balaban J connectivity index is 1.76. The van der Waals surface area contributed by atoms with Crippen LogP contribution in [0.25, 0.3) is 0 Å². The molecule has 0 aliphatic heterocycles. The lowest BCUT2D eigenvalue weighted by molar-refractivity contribution is -0.135. The van der Waals surface area contributed by atoms with Crippen molar-refractivity contribution >= 4 is 12.1 Å². The van der Waals surface area contributed by atoms with Gasteiger partial charge in [0.25, 0.3) is 5.91 Å². The molecule has 0 aromatic heterocycles. The zero-order valence-corrected chi connectivity index (χ0v) is 12.4. The summed E-state index contributed by atoms with van der Waals surface area (Å²) in [6.07, 6.45) is 3.84. The Bertz CT molecular complexity index is 476. The molecule has 1 saturated carbocycles. The summed E-state index contributed by atoms with van der Waals surface area (Å²) in [5.74, 6) is 0.507. The van der Waals surface area contributed by atoms with Crippen molar-refractivity contribution in [1.82, 2.24) is 4.90 Å². The number of amides is 1. The molecule has 0 N–H and O–H groups in total. The Hall–Kier alpha value is -1.84. The van der Waals surface area contributed by atoms with E-state index in [9.17, 15) is 4.79 Å². The van der Waals surface area contributed by atoms with Crippen LogP contribution in [-0.4, -0.2) is 36.7 Å². The Morgan fingerprint density at radius 2 is 2.05 bits per heavy atom. The molecule has 0 radical (unpaired) electrons. The Morgan fingerprint density at radius 3 is 2.60 bits per heavy atom. The second-order valence-electron chi connectivity index (χ2n) is 5.57. The molecule has 20 heavy (non-hydrogen) atoms. The highest BCUT2D eigenvalue weighted by Crippen LogP contribution is 2.25. The van der Waals surface area contributed by atoms with Gasteiger partial charge >= 0.3 is 0 Å². The van der Waals surface area contributed by atoms with Gasteiger partial charge in [0.05, 0.1) is 6.21 Å². The average molecular weight is 274 g/mol. The molecule has 4 heteroatoms. The van der Waals surface area contributed by atoms with E-state index < -0.39 is 0 Å². The Kier molecular flexibility index (Phi) is 4.77. The predicted molar refractivity (Wildman–Crippen MR) is 79.9 cm³/mol. The number of carbonyl (C=O) groups is 1. The van der Waals surface area contributed by atoms with E-state index in [-0.39, 0.29) is 12.5 Å². The van der Waals surface area contributed by atoms with Crippen LogP contribution in [0, 0.1) is 0 Å². The van der Waals surface area contributed by atoms with Crippen LogP contribution in [-0.2, 0) is 9.63 Å². The maximum absolute atomic E-state index is 11.7. The van der Waals surface area contributed by atoms with Crippen LogP contribution in [0.2, 0.25) is 0 Å². The van der Waals surface area contributed by atoms with Gasteiger partial charge in [0, 0.05) is 13.1 Å². The minimum Gasteiger partial charge on any atom is -0.386 e. The molecule has 0 spiro atoms. The van der Waals surface area contributed by atoms with Crippen LogP contribution in [0.3, 0.4) is 0 Å². The standard InChI is InChI=1S/C16H22N2O2/c1-12(2)14-6-4-13(5-7-14)10-17-20-11-16(19)18(3)15-8-9-15/h4-7,10,12,15H,8-9,11H2,1-3H3. The zero-order valence-electron chi connectivity index (χ0n) is 12.4. The molecule has 1 fully saturated rings. The summed E-state index contributed by atoms with van der Waals surface area (Å²) in [6, 6.07) is 8.58. The van der Waals surface area contributed by atoms with Gasteiger partial charge in [-0.1, -0.05) is 43.3 Å². The summed E-state index contributed by atoms with van der Waals surface area (Å²) in [5.41, 5.74) is 2.27. The third kappa shape index (κ3) is 4.08. The van der Waals surface area contributed by atoms with Gasteiger partial charge in [0.2, 0.25) is 0 Å². The van der Waals surface area contributed by atoms with Crippen LogP contribution >= 0.6 is 0 Å². The molecule has 1 aromatic rings. The first kappa shape index (κ1) is 14.6. The monoisotopic (exact) mass is 274 g/mol. The average Bonchev–Trinajstić information content (AvgIpc) is 3.27. The fraction of sp³-hybridized carbons (Fsp3) is 0.500. The SMILES string of the molecule is CC(C)c1ccc(C=NOCC(=O)N(C)C2CC2)cc1. The lowest BCUT2D eigenvalue weighted by Crippen LogP contribution is -2.31. The van der Waals surface area contributed by atoms with Gasteiger partial charge in [0.1, 0.15) is 0 Å². The largest absolute Gasteiger partial charge is 0.386 e. The minimum atomic E-state index is -0.0141. The van der Waals surface area contributed by atoms with Crippen molar-refractivity contribution in [3.05, 3.63) is 35.4 Å². The van der Waals surface area contributed by atoms with Gasteiger partial charge in [-0.2, -0.15) is 0 Å². The number of carbonyl (C=O) groups excluding carboxylic acids is 1. The fourth-order valence-electron chi connectivity index (χ4n) is 1.92. The Labute approximate surface area is 120 Å². The van der Waals surface area contributed by atoms with Crippen LogP contribution in [0.5, 0.6) is 0 Å². The van der Waals surface area contributed by atoms with E-state index in [2.05, 4.69) is 31.1 Å². The van der Waals surface area contributed by atoms with Crippen molar-refractivity contribution in [2.75, 3.05) is 13.7 Å². The summed E-state index contributed by atoms with van der Waals surface area (Å²) in [4.78, 5) is 18.5. The number of rotatable bonds is 6. The second kappa shape index (κ2) is 6.55. The molecule has 108 valence electrons. The number of likely N-dealkylation sites (N-methyl/N-ethyl adjacent to an activating group) is 1. The van der Waals surface area contributed by atoms with Gasteiger partial charge < -0.3 is 9.74 Å². The molecule has 4 nitrogen and oxygen atoms in total. The first-order valence-corrected chi connectivity index (χ1v) is 7.09. The molecule has 1 aliphatic rings. The first-order valence-electron chi connectivity index (χ1n) is 7.09. The highest BCUT2D eigenvalue weighted by molar-refractivity contribution is 5.80. The first-order chi connectivity index (χ1) is 9.58. The second-order valence-corrected chi connectivity index (χ2v) is 5.57. The van der Waals surface area contributed by atoms with Crippen molar-refractivity contribution in [1.29, 1.82) is 0 Å². The number of benzene rings is 1. The summed E-state index contributed by atoms with van der Waals surface area (Å²) in [7, 11) is 1.82. The van der Waals surface area contributed by atoms with Crippen molar-refractivity contribution in [2.24, 2.45) is 5.16 Å². The Morgan fingerprint density at radius 1 is 1.40 bits per heavy atom. The van der Waals surface area contributed by atoms with Gasteiger partial charge in [-0.15, -0.1) is 0 Å². The van der Waals surface area contributed by atoms with E-state index in [0.717, 1.165) is 18.4 Å². The smallest absolute Gasteiger partial charge is 0.263 e. The number of hydrogen-bond donors (Lipinski definition) is 0. The van der Waals surface area contributed by atoms with E-state index in [1.165, 1.54) is 5.56 Å². The highest BCUT2D eigenvalue weighted by Gasteiger charge is 2.29. The normalized spacial score (nSPS) is 14.8. The fourth-order valence-corrected chi connectivity index (χ4v) is 1.92. The summed E-state index contributed by atoms with van der Waals surface area (Å²) in [6.45, 7) is 4.33. The molecule has 0 saturated heterocycles. The van der Waals surface area contributed by atoms with Crippen molar-refractivity contribution in [3.8, 4) is 0 Å². The van der Waals surface area contributed by atoms with Gasteiger partial charge in [-0.3, -0.25) is 4.79 Å². The molecule has 0 unspecified atom stereocenters. The lowest BCUT2D eigenvalue weighted by atomic mass is 10.0. The van der Waals surface area contributed by atoms with Crippen LogP contribution in [0.4, 0.5) is 0 Å². The maximum Gasteiger partial charge on any atom is 0.263 e. The van der Waals surface area contributed by atoms with E-state index >= 15 is 0 Å². The summed E-state index contributed by atoms with van der Waals surface area (Å²) in [5, 5.41) is 3.85. The minimum absolute atomic E-state index is 0.00752. The number of oxime groups is 1. The number of hydrogen-bond acceptors (Lipinski definition) is 3. The third-order valence-corrected chi connectivity index (χ3v) is 3.56. The zero-order chi connectivity index (χ0) is 14.5. The van der Waals surface area contributed by atoms with Gasteiger partial charge in [-0.05, 0) is 29.9 Å². The highest BCUT2D eigenvalue weighted by atomic mass is 16.6. The maximum atomic E-state index is 11.7. The van der Waals surface area contributed by atoms with Crippen molar-refractivity contribution in [2.45, 2.75) is 38.6 Å². The van der Waals surface area contributed by atoms with Crippen LogP contribution in [0.15, 0.2) is 29.4 Å². The van der Waals surface area contributed by atoms with E-state index in [4.69, 9.17) is 4.84 Å². The van der Waals surface area contributed by atoms with Gasteiger partial charge in [-0.25, -0.2) is 0 Å². The lowest BCUT2D eigenvalue weighted by Gasteiger charge is -2.14. The molecular weight excluding hydrogens is 252 g/mol. The summed E-state index contributed by atoms with van der Waals surface area (Å²) >= 11 is 0. The topological polar surface area (TPSA) is 41.9 Å². The van der Waals surface area contributed by atoms with E-state index in [0.29, 0.717) is 12.0 Å². The molecular formula is C16H22N2O2. The van der Waals surface area contributed by atoms with E-state index in [1.807, 2.05) is 19.2 Å². The van der Waals surface area contributed by atoms with Crippen LogP contribution < -0.4 is 0 Å². The number of nitrogens with zero attached hydrogens (tertiary/aromatic N) is 2. The van der Waals surface area contributed by atoms with Crippen molar-refractivity contribution < 1.29 is 9.63 Å². The van der Waals surface area contributed by atoms with Gasteiger partial charge in [0.15, 0.2) is 6.61 Å². The third-order valence-electron chi connectivity index (χ3n) is 3.56. The van der Waals surface area contributed by atoms with Crippen LogP contribution in [0.1, 0.15) is 43.7 Å². The molecule has 1 aliphatic carbocycles. The molecule has 0 atom stereocenters.